The molecule has 1 N–H and O–H groups in total. The molecule has 0 aliphatic carbocycles. The summed E-state index contributed by atoms with van der Waals surface area (Å²) in [6.45, 7) is 7.43. The lowest BCUT2D eigenvalue weighted by atomic mass is 10.3. The maximum Gasteiger partial charge on any atom is 0.228 e. The summed E-state index contributed by atoms with van der Waals surface area (Å²) < 4.78 is 5.46. The molecular formula is C15H22N6O. The minimum Gasteiger partial charge on any atom is -0.478 e. The highest BCUT2D eigenvalue weighted by atomic mass is 16.5. The van der Waals surface area contributed by atoms with E-state index in [9.17, 15) is 0 Å². The van der Waals surface area contributed by atoms with Crippen molar-refractivity contribution < 1.29 is 4.74 Å². The molecule has 22 heavy (non-hydrogen) atoms. The van der Waals surface area contributed by atoms with Gasteiger partial charge < -0.3 is 14.6 Å². The number of nitrogens with zero attached hydrogens (tertiary/aromatic N) is 5. The van der Waals surface area contributed by atoms with Crippen LogP contribution >= 0.6 is 0 Å². The second-order valence-electron chi connectivity index (χ2n) is 5.32. The van der Waals surface area contributed by atoms with Gasteiger partial charge in [0.15, 0.2) is 0 Å². The summed E-state index contributed by atoms with van der Waals surface area (Å²) in [5.41, 5.74) is 1.16. The second kappa shape index (κ2) is 7.22. The van der Waals surface area contributed by atoms with E-state index in [1.54, 1.807) is 18.6 Å². The molecule has 0 unspecified atom stereocenters. The van der Waals surface area contributed by atoms with E-state index in [1.807, 2.05) is 13.1 Å². The average molecular weight is 302 g/mol. The Hall–Kier alpha value is -2.15. The van der Waals surface area contributed by atoms with Crippen LogP contribution in [0, 0.1) is 0 Å². The van der Waals surface area contributed by atoms with Crippen molar-refractivity contribution in [1.29, 1.82) is 0 Å². The zero-order chi connectivity index (χ0) is 15.2. The number of hydrogen-bond donors (Lipinski definition) is 1. The highest BCUT2D eigenvalue weighted by Crippen LogP contribution is 2.15. The molecule has 1 aliphatic heterocycles. The maximum absolute atomic E-state index is 5.46. The van der Waals surface area contributed by atoms with Gasteiger partial charge in [-0.2, -0.15) is 4.98 Å². The molecule has 0 atom stereocenters. The van der Waals surface area contributed by atoms with Crippen LogP contribution in [-0.2, 0) is 6.54 Å². The first-order valence-electron chi connectivity index (χ1n) is 7.75. The van der Waals surface area contributed by atoms with Crippen molar-refractivity contribution in [2.75, 3.05) is 37.7 Å². The quantitative estimate of drug-likeness (QED) is 0.898. The third-order valence-corrected chi connectivity index (χ3v) is 3.73. The molecule has 0 aromatic carbocycles. The fraction of sp³-hybridized carbons (Fsp3) is 0.533. The lowest BCUT2D eigenvalue weighted by molar-refractivity contribution is 0.282. The van der Waals surface area contributed by atoms with Crippen LogP contribution in [0.4, 0.5) is 5.95 Å². The molecule has 0 amide bonds. The normalized spacial score (nSPS) is 16.5. The van der Waals surface area contributed by atoms with Gasteiger partial charge in [-0.3, -0.25) is 4.90 Å². The van der Waals surface area contributed by atoms with E-state index in [4.69, 9.17) is 4.74 Å². The van der Waals surface area contributed by atoms with Gasteiger partial charge in [0.2, 0.25) is 11.8 Å². The van der Waals surface area contributed by atoms with E-state index in [2.05, 4.69) is 29.7 Å². The van der Waals surface area contributed by atoms with Crippen LogP contribution in [0.25, 0.3) is 0 Å². The molecule has 3 heterocycles. The molecule has 2 aromatic rings. The number of ether oxygens (including phenoxy) is 1. The Balaban J connectivity index is 1.61. The first-order chi connectivity index (χ1) is 10.8. The van der Waals surface area contributed by atoms with Crippen LogP contribution in [0.15, 0.2) is 24.8 Å². The molecule has 0 bridgehead atoms. The zero-order valence-electron chi connectivity index (χ0n) is 12.9. The number of anilines is 1. The summed E-state index contributed by atoms with van der Waals surface area (Å²) in [4.78, 5) is 20.8. The largest absolute Gasteiger partial charge is 0.478 e. The third-order valence-electron chi connectivity index (χ3n) is 3.73. The van der Waals surface area contributed by atoms with Crippen LogP contribution in [0.2, 0.25) is 0 Å². The average Bonchev–Trinajstić information content (AvgIpc) is 2.92. The predicted octanol–water partition coefficient (Wildman–Crippen LogP) is 1.31. The van der Waals surface area contributed by atoms with Gasteiger partial charge in [0.05, 0.1) is 12.9 Å². The van der Waals surface area contributed by atoms with Crippen molar-refractivity contribution in [1.82, 2.24) is 24.8 Å². The Morgan fingerprint density at radius 2 is 2.23 bits per heavy atom. The molecule has 2 aromatic heterocycles. The first-order valence-corrected chi connectivity index (χ1v) is 7.75. The van der Waals surface area contributed by atoms with Crippen molar-refractivity contribution in [2.45, 2.75) is 19.9 Å². The third kappa shape index (κ3) is 3.73. The summed E-state index contributed by atoms with van der Waals surface area (Å²) in [5.74, 6) is 1.40. The molecule has 7 heteroatoms. The summed E-state index contributed by atoms with van der Waals surface area (Å²) in [6.07, 6.45) is 6.47. The van der Waals surface area contributed by atoms with Crippen LogP contribution in [0.5, 0.6) is 5.88 Å². The van der Waals surface area contributed by atoms with Gasteiger partial charge in [0.1, 0.15) is 0 Å². The number of aromatic nitrogens is 4. The Morgan fingerprint density at radius 1 is 1.27 bits per heavy atom. The van der Waals surface area contributed by atoms with Crippen molar-refractivity contribution in [3.63, 3.8) is 0 Å². The minimum absolute atomic E-state index is 0.619. The molecule has 118 valence electrons. The fourth-order valence-electron chi connectivity index (χ4n) is 2.65. The summed E-state index contributed by atoms with van der Waals surface area (Å²) in [6, 6.07) is 1.80. The highest BCUT2D eigenvalue weighted by molar-refractivity contribution is 5.32. The monoisotopic (exact) mass is 302 g/mol. The number of rotatable bonds is 5. The van der Waals surface area contributed by atoms with Crippen LogP contribution < -0.4 is 9.64 Å². The molecule has 0 radical (unpaired) electrons. The minimum atomic E-state index is 0.619. The summed E-state index contributed by atoms with van der Waals surface area (Å²) in [7, 11) is 0. The molecule has 1 saturated heterocycles. The number of H-pyrrole nitrogens is 1. The van der Waals surface area contributed by atoms with Crippen LogP contribution in [0.3, 0.4) is 0 Å². The Labute approximate surface area is 130 Å². The van der Waals surface area contributed by atoms with Gasteiger partial charge in [0, 0.05) is 56.9 Å². The van der Waals surface area contributed by atoms with Gasteiger partial charge in [-0.1, -0.05) is 0 Å². The van der Waals surface area contributed by atoms with E-state index >= 15 is 0 Å². The molecule has 1 fully saturated rings. The van der Waals surface area contributed by atoms with Crippen molar-refractivity contribution in [3.05, 3.63) is 30.5 Å². The Morgan fingerprint density at radius 3 is 3.05 bits per heavy atom. The zero-order valence-corrected chi connectivity index (χ0v) is 12.9. The molecule has 0 spiro atoms. The van der Waals surface area contributed by atoms with Crippen molar-refractivity contribution >= 4 is 5.95 Å². The van der Waals surface area contributed by atoms with Gasteiger partial charge >= 0.3 is 0 Å². The van der Waals surface area contributed by atoms with Gasteiger partial charge in [-0.05, 0) is 13.3 Å². The molecule has 0 saturated carbocycles. The lowest BCUT2D eigenvalue weighted by Gasteiger charge is -2.21. The number of nitrogens with one attached hydrogen (secondary N) is 1. The van der Waals surface area contributed by atoms with Crippen molar-refractivity contribution in [2.24, 2.45) is 0 Å². The molecule has 3 rings (SSSR count). The van der Waals surface area contributed by atoms with E-state index in [0.29, 0.717) is 12.5 Å². The van der Waals surface area contributed by atoms with E-state index < -0.39 is 0 Å². The highest BCUT2D eigenvalue weighted by Gasteiger charge is 2.17. The van der Waals surface area contributed by atoms with Gasteiger partial charge in [-0.25, -0.2) is 9.97 Å². The van der Waals surface area contributed by atoms with Crippen LogP contribution in [0.1, 0.15) is 19.0 Å². The van der Waals surface area contributed by atoms with Crippen LogP contribution in [-0.4, -0.2) is 57.6 Å². The number of imidazole rings is 1. The standard InChI is InChI=1S/C15H22N6O/c1-2-22-14-4-5-17-15(19-14)21-7-3-6-20(8-9-21)11-13-10-16-12-18-13/h4-5,10,12H,2-3,6-9,11H2,1H3,(H,16,18). The predicted molar refractivity (Wildman–Crippen MR) is 83.9 cm³/mol. The van der Waals surface area contributed by atoms with E-state index in [1.165, 1.54) is 0 Å². The lowest BCUT2D eigenvalue weighted by Crippen LogP contribution is -2.31. The van der Waals surface area contributed by atoms with Crippen molar-refractivity contribution in [3.8, 4) is 5.88 Å². The maximum atomic E-state index is 5.46. The Kier molecular flexibility index (Phi) is 4.85. The van der Waals surface area contributed by atoms with Gasteiger partial charge in [-0.15, -0.1) is 0 Å². The second-order valence-corrected chi connectivity index (χ2v) is 5.32. The first kappa shape index (κ1) is 14.8. The molecule has 7 nitrogen and oxygen atoms in total. The SMILES string of the molecule is CCOc1ccnc(N2CCCN(Cc3cnc[nH]3)CC2)n1. The van der Waals surface area contributed by atoms with E-state index in [0.717, 1.165) is 50.8 Å². The summed E-state index contributed by atoms with van der Waals surface area (Å²) in [5, 5.41) is 0. The topological polar surface area (TPSA) is 70.2 Å². The van der Waals surface area contributed by atoms with Gasteiger partial charge in [0.25, 0.3) is 0 Å². The van der Waals surface area contributed by atoms with E-state index in [-0.39, 0.29) is 0 Å². The Bertz CT molecular complexity index is 573. The molecule has 1 aliphatic rings. The summed E-state index contributed by atoms with van der Waals surface area (Å²) >= 11 is 0. The smallest absolute Gasteiger partial charge is 0.228 e. The fourth-order valence-corrected chi connectivity index (χ4v) is 2.65. The number of aromatic amines is 1. The molecular weight excluding hydrogens is 280 g/mol. The number of hydrogen-bond acceptors (Lipinski definition) is 6.